The summed E-state index contributed by atoms with van der Waals surface area (Å²) in [7, 11) is -2.80. The van der Waals surface area contributed by atoms with Gasteiger partial charge >= 0.3 is 0 Å². The van der Waals surface area contributed by atoms with Crippen LogP contribution in [-0.4, -0.2) is 8.07 Å². The van der Waals surface area contributed by atoms with Crippen LogP contribution in [0.25, 0.3) is 65.3 Å². The lowest BCUT2D eigenvalue weighted by molar-refractivity contribution is 1.67. The molecule has 0 aliphatic carbocycles. The highest BCUT2D eigenvalue weighted by Gasteiger charge is 2.41. The molecule has 0 aliphatic rings. The first kappa shape index (κ1) is 31.2. The fourth-order valence-corrected chi connectivity index (χ4v) is 13.7. The van der Waals surface area contributed by atoms with Gasteiger partial charge in [-0.2, -0.15) is 0 Å². The van der Waals surface area contributed by atoms with Crippen molar-refractivity contribution in [3.05, 3.63) is 218 Å². The highest BCUT2D eigenvalue weighted by Crippen LogP contribution is 2.46. The van der Waals surface area contributed by atoms with E-state index in [2.05, 4.69) is 218 Å². The van der Waals surface area contributed by atoms with Gasteiger partial charge in [0.2, 0.25) is 0 Å². The lowest BCUT2D eigenvalue weighted by atomic mass is 9.84. The number of fused-ring (bicyclic) bond motifs is 4. The molecule has 0 N–H and O–H groups in total. The SMILES string of the molecule is c1ccc([Si](c2ccccc2)(c2ccccc2)c2ccc3c(-c4cccc5ccccc45)c4ccccc4c(-c4cccc5ccccc45)c3c2)cc1. The molecule has 10 rings (SSSR count). The van der Waals surface area contributed by atoms with Gasteiger partial charge in [0.15, 0.2) is 8.07 Å². The Hall–Kier alpha value is -6.54. The summed E-state index contributed by atoms with van der Waals surface area (Å²) in [6.07, 6.45) is 0. The average Bonchev–Trinajstić information content (AvgIpc) is 3.24. The molecular formula is C52H36Si. The summed E-state index contributed by atoms with van der Waals surface area (Å²) in [5.41, 5.74) is 5.10. The normalized spacial score (nSPS) is 11.8. The third kappa shape index (κ3) is 4.97. The zero-order valence-electron chi connectivity index (χ0n) is 29.3. The molecule has 0 spiro atoms. The minimum absolute atomic E-state index is 1.25. The van der Waals surface area contributed by atoms with E-state index in [4.69, 9.17) is 0 Å². The third-order valence-electron chi connectivity index (χ3n) is 11.2. The molecule has 0 nitrogen and oxygen atoms in total. The van der Waals surface area contributed by atoms with Gasteiger partial charge in [-0.3, -0.25) is 0 Å². The quantitative estimate of drug-likeness (QED) is 0.0927. The van der Waals surface area contributed by atoms with Crippen LogP contribution in [0, 0.1) is 0 Å². The molecule has 0 atom stereocenters. The first-order valence-corrected chi connectivity index (χ1v) is 20.4. The lowest BCUT2D eigenvalue weighted by Crippen LogP contribution is -2.74. The van der Waals surface area contributed by atoms with E-state index < -0.39 is 8.07 Å². The summed E-state index contributed by atoms with van der Waals surface area (Å²) in [5.74, 6) is 0. The van der Waals surface area contributed by atoms with Crippen LogP contribution >= 0.6 is 0 Å². The Morgan fingerprint density at radius 1 is 0.226 bits per heavy atom. The maximum atomic E-state index is 2.58. The van der Waals surface area contributed by atoms with Gasteiger partial charge in [0.25, 0.3) is 0 Å². The number of rotatable bonds is 6. The molecule has 0 saturated heterocycles. The molecule has 0 aliphatic heterocycles. The summed E-state index contributed by atoms with van der Waals surface area (Å²) in [6, 6.07) is 81.5. The molecule has 0 unspecified atom stereocenters. The van der Waals surface area contributed by atoms with Gasteiger partial charge in [-0.25, -0.2) is 0 Å². The van der Waals surface area contributed by atoms with Crippen molar-refractivity contribution in [1.29, 1.82) is 0 Å². The second kappa shape index (κ2) is 12.9. The van der Waals surface area contributed by atoms with Gasteiger partial charge in [-0.15, -0.1) is 0 Å². The van der Waals surface area contributed by atoms with E-state index in [0.717, 1.165) is 0 Å². The van der Waals surface area contributed by atoms with E-state index >= 15 is 0 Å². The monoisotopic (exact) mass is 688 g/mol. The zero-order valence-corrected chi connectivity index (χ0v) is 30.3. The lowest BCUT2D eigenvalue weighted by Gasteiger charge is -2.35. The fraction of sp³-hybridized carbons (Fsp3) is 0. The van der Waals surface area contributed by atoms with Gasteiger partial charge in [-0.05, 0) is 86.1 Å². The Morgan fingerprint density at radius 3 is 1.06 bits per heavy atom. The van der Waals surface area contributed by atoms with Gasteiger partial charge in [0.05, 0.1) is 0 Å². The van der Waals surface area contributed by atoms with E-state index in [0.29, 0.717) is 0 Å². The Kier molecular flexibility index (Phi) is 7.60. The van der Waals surface area contributed by atoms with Crippen LogP contribution < -0.4 is 20.7 Å². The van der Waals surface area contributed by atoms with E-state index in [1.165, 1.54) is 86.1 Å². The van der Waals surface area contributed by atoms with Crippen molar-refractivity contribution in [1.82, 2.24) is 0 Å². The van der Waals surface area contributed by atoms with Crippen molar-refractivity contribution < 1.29 is 0 Å². The maximum absolute atomic E-state index is 2.80. The largest absolute Gasteiger partial charge is 0.179 e. The standard InChI is InChI=1S/C52H36Si/c1-4-22-39(23-5-1)53(40-24-6-2-7-25-40,41-26-8-3-9-27-41)42-34-35-49-50(36-42)52(46-33-17-21-38-19-11-13-29-44(38)46)48-31-15-14-30-47(48)51(49)45-32-16-20-37-18-10-12-28-43(37)45/h1-36H. The second-order valence-electron chi connectivity index (χ2n) is 14.0. The van der Waals surface area contributed by atoms with Gasteiger partial charge in [0, 0.05) is 0 Å². The number of hydrogen-bond donors (Lipinski definition) is 0. The summed E-state index contributed by atoms with van der Waals surface area (Å²) >= 11 is 0. The van der Waals surface area contributed by atoms with Crippen LogP contribution in [-0.2, 0) is 0 Å². The summed E-state index contributed by atoms with van der Waals surface area (Å²) in [6.45, 7) is 0. The van der Waals surface area contributed by atoms with Crippen molar-refractivity contribution in [2.75, 3.05) is 0 Å². The van der Waals surface area contributed by atoms with Crippen molar-refractivity contribution in [2.24, 2.45) is 0 Å². The van der Waals surface area contributed by atoms with Crippen molar-refractivity contribution >= 4 is 71.9 Å². The molecule has 0 saturated carbocycles. The predicted octanol–water partition coefficient (Wildman–Crippen LogP) is 11.0. The molecule has 248 valence electrons. The summed E-state index contributed by atoms with van der Waals surface area (Å²) < 4.78 is 0. The zero-order chi connectivity index (χ0) is 35.2. The van der Waals surface area contributed by atoms with Crippen LogP contribution in [0.4, 0.5) is 0 Å². The van der Waals surface area contributed by atoms with Crippen molar-refractivity contribution in [3.63, 3.8) is 0 Å². The topological polar surface area (TPSA) is 0 Å². The summed E-state index contributed by atoms with van der Waals surface area (Å²) in [4.78, 5) is 0. The molecule has 0 fully saturated rings. The van der Waals surface area contributed by atoms with Crippen LogP contribution in [0.2, 0.25) is 0 Å². The highest BCUT2D eigenvalue weighted by atomic mass is 28.3. The number of benzene rings is 10. The second-order valence-corrected chi connectivity index (χ2v) is 17.8. The van der Waals surface area contributed by atoms with Crippen LogP contribution in [0.1, 0.15) is 0 Å². The molecule has 10 aromatic carbocycles. The molecule has 53 heavy (non-hydrogen) atoms. The van der Waals surface area contributed by atoms with E-state index in [9.17, 15) is 0 Å². The van der Waals surface area contributed by atoms with Crippen molar-refractivity contribution in [3.8, 4) is 22.3 Å². The minimum atomic E-state index is -2.80. The minimum Gasteiger partial charge on any atom is -0.0623 e. The van der Waals surface area contributed by atoms with Gasteiger partial charge in [-0.1, -0.05) is 218 Å². The first-order chi connectivity index (χ1) is 26.3. The molecule has 0 heterocycles. The molecule has 0 bridgehead atoms. The van der Waals surface area contributed by atoms with Gasteiger partial charge in [0.1, 0.15) is 0 Å². The third-order valence-corrected chi connectivity index (χ3v) is 16.0. The average molecular weight is 689 g/mol. The Balaban J connectivity index is 1.42. The Morgan fingerprint density at radius 2 is 0.585 bits per heavy atom. The summed E-state index contributed by atoms with van der Waals surface area (Å²) in [5, 5.41) is 15.6. The molecule has 1 heteroatoms. The molecule has 0 amide bonds. The highest BCUT2D eigenvalue weighted by molar-refractivity contribution is 7.20. The van der Waals surface area contributed by atoms with Crippen LogP contribution in [0.15, 0.2) is 218 Å². The predicted molar refractivity (Wildman–Crippen MR) is 231 cm³/mol. The van der Waals surface area contributed by atoms with Gasteiger partial charge < -0.3 is 0 Å². The first-order valence-electron chi connectivity index (χ1n) is 18.4. The van der Waals surface area contributed by atoms with E-state index in [1.807, 2.05) is 0 Å². The van der Waals surface area contributed by atoms with E-state index in [1.54, 1.807) is 0 Å². The van der Waals surface area contributed by atoms with E-state index in [-0.39, 0.29) is 0 Å². The molecule has 0 radical (unpaired) electrons. The molecular weight excluding hydrogens is 653 g/mol. The smallest absolute Gasteiger partial charge is 0.0623 e. The number of hydrogen-bond acceptors (Lipinski definition) is 0. The molecule has 10 aromatic rings. The fourth-order valence-electron chi connectivity index (χ4n) is 8.94. The van der Waals surface area contributed by atoms with Crippen LogP contribution in [0.3, 0.4) is 0 Å². The van der Waals surface area contributed by atoms with Crippen LogP contribution in [0.5, 0.6) is 0 Å². The van der Waals surface area contributed by atoms with Crippen molar-refractivity contribution in [2.45, 2.75) is 0 Å². The molecule has 0 aromatic heterocycles. The Labute approximate surface area is 311 Å². The Bertz CT molecular complexity index is 2820. The maximum Gasteiger partial charge on any atom is 0.179 e.